The molecule has 0 aliphatic carbocycles. The van der Waals surface area contributed by atoms with E-state index in [9.17, 15) is 9.59 Å². The average molecular weight is 172 g/mol. The smallest absolute Gasteiger partial charge is 0.303 e. The topological polar surface area (TPSA) is 74.6 Å². The molecule has 0 fully saturated rings. The second kappa shape index (κ2) is 5.35. The highest BCUT2D eigenvalue weighted by Crippen LogP contribution is 2.10. The van der Waals surface area contributed by atoms with Crippen LogP contribution in [0.3, 0.4) is 0 Å². The van der Waals surface area contributed by atoms with E-state index in [0.717, 1.165) is 0 Å². The second-order valence-corrected chi connectivity index (χ2v) is 2.48. The van der Waals surface area contributed by atoms with Gasteiger partial charge < -0.3 is 10.2 Å². The molecule has 4 heteroatoms. The van der Waals surface area contributed by atoms with E-state index in [1.165, 1.54) is 0 Å². The fourth-order valence-electron chi connectivity index (χ4n) is 0.929. The van der Waals surface area contributed by atoms with Crippen LogP contribution in [0.5, 0.6) is 0 Å². The van der Waals surface area contributed by atoms with Gasteiger partial charge in [0.2, 0.25) is 0 Å². The summed E-state index contributed by atoms with van der Waals surface area (Å²) in [7, 11) is 0. The molecule has 0 heterocycles. The van der Waals surface area contributed by atoms with Gasteiger partial charge in [0.15, 0.2) is 0 Å². The van der Waals surface area contributed by atoms with Crippen LogP contribution in [0.15, 0.2) is 12.2 Å². The molecule has 0 aromatic carbocycles. The van der Waals surface area contributed by atoms with Crippen LogP contribution in [0, 0.1) is 5.92 Å². The highest BCUT2D eigenvalue weighted by Gasteiger charge is 2.13. The van der Waals surface area contributed by atoms with Gasteiger partial charge in [-0.25, -0.2) is 0 Å². The Morgan fingerprint density at radius 2 is 1.67 bits per heavy atom. The molecule has 0 aromatic heterocycles. The van der Waals surface area contributed by atoms with Crippen molar-refractivity contribution >= 4 is 11.9 Å². The SMILES string of the molecule is CC=CC(CC(=O)O)CC(=O)O. The molecule has 12 heavy (non-hydrogen) atoms. The second-order valence-electron chi connectivity index (χ2n) is 2.48. The first-order valence-electron chi connectivity index (χ1n) is 3.62. The number of allylic oxidation sites excluding steroid dienone is 2. The van der Waals surface area contributed by atoms with Gasteiger partial charge in [0.05, 0.1) is 12.8 Å². The van der Waals surface area contributed by atoms with Gasteiger partial charge in [0.25, 0.3) is 0 Å². The molecule has 68 valence electrons. The number of carbonyl (C=O) groups is 2. The predicted octanol–water partition coefficient (Wildman–Crippen LogP) is 1.13. The maximum atomic E-state index is 10.2. The van der Waals surface area contributed by atoms with Crippen LogP contribution in [0.25, 0.3) is 0 Å². The Morgan fingerprint density at radius 1 is 1.25 bits per heavy atom. The maximum Gasteiger partial charge on any atom is 0.303 e. The molecule has 0 saturated carbocycles. The van der Waals surface area contributed by atoms with Crippen LogP contribution < -0.4 is 0 Å². The Hall–Kier alpha value is -1.32. The molecule has 0 unspecified atom stereocenters. The molecule has 0 atom stereocenters. The van der Waals surface area contributed by atoms with Gasteiger partial charge in [0.1, 0.15) is 0 Å². The summed E-state index contributed by atoms with van der Waals surface area (Å²) in [5, 5.41) is 16.8. The Balaban J connectivity index is 4.03. The third-order valence-electron chi connectivity index (χ3n) is 1.34. The molecule has 0 bridgehead atoms. The summed E-state index contributed by atoms with van der Waals surface area (Å²) in [6.45, 7) is 1.73. The zero-order chi connectivity index (χ0) is 9.56. The van der Waals surface area contributed by atoms with E-state index in [4.69, 9.17) is 10.2 Å². The van der Waals surface area contributed by atoms with Crippen LogP contribution in [0.2, 0.25) is 0 Å². The zero-order valence-electron chi connectivity index (χ0n) is 6.86. The van der Waals surface area contributed by atoms with Crippen molar-refractivity contribution in [2.75, 3.05) is 0 Å². The van der Waals surface area contributed by atoms with Crippen molar-refractivity contribution < 1.29 is 19.8 Å². The molecule has 4 nitrogen and oxygen atoms in total. The van der Waals surface area contributed by atoms with Crippen LogP contribution in [-0.4, -0.2) is 22.2 Å². The predicted molar refractivity (Wildman–Crippen MR) is 42.8 cm³/mol. The molecule has 0 aliphatic rings. The van der Waals surface area contributed by atoms with E-state index < -0.39 is 17.9 Å². The van der Waals surface area contributed by atoms with Gasteiger partial charge in [-0.3, -0.25) is 9.59 Å². The summed E-state index contributed by atoms with van der Waals surface area (Å²) in [5.74, 6) is -2.34. The number of carboxylic acid groups (broad SMARTS) is 2. The van der Waals surface area contributed by atoms with Crippen molar-refractivity contribution in [1.82, 2.24) is 0 Å². The third-order valence-corrected chi connectivity index (χ3v) is 1.34. The minimum Gasteiger partial charge on any atom is -0.481 e. The molecule has 0 amide bonds. The van der Waals surface area contributed by atoms with Crippen molar-refractivity contribution in [3.05, 3.63) is 12.2 Å². The van der Waals surface area contributed by atoms with E-state index in [2.05, 4.69) is 0 Å². The summed E-state index contributed by atoms with van der Waals surface area (Å²) in [5.41, 5.74) is 0. The van der Waals surface area contributed by atoms with Gasteiger partial charge in [0, 0.05) is 0 Å². The minimum absolute atomic E-state index is 0.128. The molecular formula is C8H12O4. The Kier molecular flexibility index (Phi) is 4.76. The van der Waals surface area contributed by atoms with Crippen LogP contribution >= 0.6 is 0 Å². The average Bonchev–Trinajstić information content (AvgIpc) is 1.84. The lowest BCUT2D eigenvalue weighted by Crippen LogP contribution is -2.10. The van der Waals surface area contributed by atoms with Crippen molar-refractivity contribution in [2.45, 2.75) is 19.8 Å². The summed E-state index contributed by atoms with van der Waals surface area (Å²) in [6, 6.07) is 0. The first-order valence-corrected chi connectivity index (χ1v) is 3.62. The first kappa shape index (κ1) is 10.7. The van der Waals surface area contributed by atoms with E-state index in [0.29, 0.717) is 0 Å². The molecule has 0 aromatic rings. The molecule has 0 radical (unpaired) electrons. The molecule has 0 aliphatic heterocycles. The highest BCUT2D eigenvalue weighted by atomic mass is 16.4. The quantitative estimate of drug-likeness (QED) is 0.609. The fraction of sp³-hybridized carbons (Fsp3) is 0.500. The lowest BCUT2D eigenvalue weighted by molar-refractivity contribution is -0.139. The Bertz CT molecular complexity index is 179. The normalized spacial score (nSPS) is 10.8. The van der Waals surface area contributed by atoms with Gasteiger partial charge in [-0.2, -0.15) is 0 Å². The number of aliphatic carboxylic acids is 2. The van der Waals surface area contributed by atoms with Gasteiger partial charge in [-0.1, -0.05) is 12.2 Å². The summed E-state index contributed by atoms with van der Waals surface area (Å²) in [4.78, 5) is 20.5. The summed E-state index contributed by atoms with van der Waals surface area (Å²) >= 11 is 0. The highest BCUT2D eigenvalue weighted by molar-refractivity contribution is 5.71. The largest absolute Gasteiger partial charge is 0.481 e. The summed E-state index contributed by atoms with van der Waals surface area (Å²) in [6.07, 6.45) is 3.01. The third kappa shape index (κ3) is 5.46. The molecular weight excluding hydrogens is 160 g/mol. The van der Waals surface area contributed by atoms with Crippen molar-refractivity contribution in [3.8, 4) is 0 Å². The van der Waals surface area contributed by atoms with Crippen molar-refractivity contribution in [3.63, 3.8) is 0 Å². The minimum atomic E-state index is -0.973. The van der Waals surface area contributed by atoms with Crippen LogP contribution in [0.4, 0.5) is 0 Å². The standard InChI is InChI=1S/C8H12O4/c1-2-3-6(4-7(9)10)5-8(11)12/h2-3,6H,4-5H2,1H3,(H,9,10)(H,11,12). The van der Waals surface area contributed by atoms with E-state index >= 15 is 0 Å². The van der Waals surface area contributed by atoms with E-state index in [1.54, 1.807) is 19.1 Å². The number of hydrogen-bond donors (Lipinski definition) is 2. The van der Waals surface area contributed by atoms with Crippen molar-refractivity contribution in [1.29, 1.82) is 0 Å². The van der Waals surface area contributed by atoms with Crippen molar-refractivity contribution in [2.24, 2.45) is 5.92 Å². The van der Waals surface area contributed by atoms with Gasteiger partial charge in [-0.05, 0) is 12.8 Å². The number of rotatable bonds is 5. The van der Waals surface area contributed by atoms with E-state index in [1.807, 2.05) is 0 Å². The molecule has 0 saturated heterocycles. The molecule has 2 N–H and O–H groups in total. The summed E-state index contributed by atoms with van der Waals surface area (Å²) < 4.78 is 0. The molecule has 0 rings (SSSR count). The first-order chi connectivity index (χ1) is 5.56. The zero-order valence-corrected chi connectivity index (χ0v) is 6.86. The molecule has 0 spiro atoms. The lowest BCUT2D eigenvalue weighted by Gasteiger charge is -2.05. The van der Waals surface area contributed by atoms with E-state index in [-0.39, 0.29) is 12.8 Å². The Labute approximate surface area is 70.5 Å². The number of carboxylic acids is 2. The maximum absolute atomic E-state index is 10.2. The fourth-order valence-corrected chi connectivity index (χ4v) is 0.929. The lowest BCUT2D eigenvalue weighted by atomic mass is 10.0. The number of hydrogen-bond acceptors (Lipinski definition) is 2. The van der Waals surface area contributed by atoms with Gasteiger partial charge >= 0.3 is 11.9 Å². The van der Waals surface area contributed by atoms with Gasteiger partial charge in [-0.15, -0.1) is 0 Å². The van der Waals surface area contributed by atoms with Crippen LogP contribution in [-0.2, 0) is 9.59 Å². The monoisotopic (exact) mass is 172 g/mol. The Morgan fingerprint density at radius 3 is 1.92 bits per heavy atom. The van der Waals surface area contributed by atoms with Crippen LogP contribution in [0.1, 0.15) is 19.8 Å².